The lowest BCUT2D eigenvalue weighted by molar-refractivity contribution is -0.913. The average molecular weight is 819 g/mol. The highest BCUT2D eigenvalue weighted by molar-refractivity contribution is 6.12. The lowest BCUT2D eigenvalue weighted by Crippen LogP contribution is -2.60. The zero-order chi connectivity index (χ0) is 42.8. The van der Waals surface area contributed by atoms with Crippen LogP contribution in [-0.2, 0) is 38.1 Å². The van der Waals surface area contributed by atoms with E-state index in [2.05, 4.69) is 7.05 Å². The minimum absolute atomic E-state index is 0.0246. The van der Waals surface area contributed by atoms with E-state index < -0.39 is 47.7 Å². The molecular formula is C43H68N3O12+. The number of carbonyl (C=O) groups is 4. The molecule has 0 aromatic rings. The summed E-state index contributed by atoms with van der Waals surface area (Å²) in [4.78, 5) is 53.1. The topological polar surface area (TPSA) is 185 Å². The average Bonchev–Trinajstić information content (AvgIpc) is 3.86. The molecule has 0 bridgehead atoms. The first-order valence-electron chi connectivity index (χ1n) is 20.7. The number of allylic oxidation sites excluding steroid dienone is 2. The van der Waals surface area contributed by atoms with Gasteiger partial charge < -0.3 is 43.5 Å². The van der Waals surface area contributed by atoms with Gasteiger partial charge in [-0.1, -0.05) is 45.1 Å². The zero-order valence-corrected chi connectivity index (χ0v) is 35.7. The normalized spacial score (nSPS) is 32.3. The van der Waals surface area contributed by atoms with Gasteiger partial charge in [0.15, 0.2) is 6.10 Å². The maximum absolute atomic E-state index is 13.7. The Balaban J connectivity index is 1.38. The Bertz CT molecular complexity index is 1530. The van der Waals surface area contributed by atoms with Crippen LogP contribution in [0.4, 0.5) is 4.79 Å². The molecule has 4 aliphatic heterocycles. The van der Waals surface area contributed by atoms with Crippen molar-refractivity contribution in [3.63, 3.8) is 0 Å². The molecule has 326 valence electrons. The van der Waals surface area contributed by atoms with Gasteiger partial charge >= 0.3 is 12.1 Å². The molecule has 0 unspecified atom stereocenters. The molecule has 3 amide bonds. The summed E-state index contributed by atoms with van der Waals surface area (Å²) in [7, 11) is 3.64. The third kappa shape index (κ3) is 13.3. The Hall–Kier alpha value is -3.44. The van der Waals surface area contributed by atoms with Gasteiger partial charge in [0.25, 0.3) is 11.8 Å². The number of imide groups is 1. The number of amides is 3. The summed E-state index contributed by atoms with van der Waals surface area (Å²) < 4.78 is 30.3. The van der Waals surface area contributed by atoms with E-state index in [1.807, 2.05) is 40.7 Å². The molecule has 15 heteroatoms. The highest BCUT2D eigenvalue weighted by Gasteiger charge is 2.47. The molecule has 0 aromatic carbocycles. The van der Waals surface area contributed by atoms with E-state index in [0.717, 1.165) is 4.90 Å². The predicted molar refractivity (Wildman–Crippen MR) is 215 cm³/mol. The highest BCUT2D eigenvalue weighted by Crippen LogP contribution is 2.38. The summed E-state index contributed by atoms with van der Waals surface area (Å²) in [6.45, 7) is 15.0. The molecule has 0 aromatic heterocycles. The number of ether oxygens (including phenoxy) is 5. The van der Waals surface area contributed by atoms with Gasteiger partial charge in [-0.2, -0.15) is 0 Å². The maximum atomic E-state index is 13.7. The van der Waals surface area contributed by atoms with Crippen molar-refractivity contribution in [2.75, 3.05) is 66.6 Å². The monoisotopic (exact) mass is 818 g/mol. The number of piperazine rings is 1. The van der Waals surface area contributed by atoms with Crippen LogP contribution in [0.3, 0.4) is 0 Å². The molecule has 4 rings (SSSR count). The van der Waals surface area contributed by atoms with Crippen molar-refractivity contribution < 1.29 is 62.7 Å². The van der Waals surface area contributed by atoms with Gasteiger partial charge in [-0.05, 0) is 51.7 Å². The molecule has 4 heterocycles. The van der Waals surface area contributed by atoms with E-state index in [-0.39, 0.29) is 61.9 Å². The second-order valence-electron chi connectivity index (χ2n) is 17.2. The quantitative estimate of drug-likeness (QED) is 0.0394. The number of aliphatic hydroxyl groups excluding tert-OH is 2. The fourth-order valence-corrected chi connectivity index (χ4v) is 7.74. The third-order valence-corrected chi connectivity index (χ3v) is 12.3. The van der Waals surface area contributed by atoms with Gasteiger partial charge in [0.05, 0.1) is 89.4 Å². The molecular weight excluding hydrogens is 750 g/mol. The lowest BCUT2D eigenvalue weighted by atomic mass is 9.88. The van der Waals surface area contributed by atoms with E-state index in [1.165, 1.54) is 19.3 Å². The minimum Gasteiger partial charge on any atom is -0.457 e. The van der Waals surface area contributed by atoms with Gasteiger partial charge in [0, 0.05) is 37.5 Å². The molecule has 2 saturated heterocycles. The van der Waals surface area contributed by atoms with E-state index in [9.17, 15) is 34.5 Å². The number of hydrogen-bond donors (Lipinski definition) is 3. The summed E-state index contributed by atoms with van der Waals surface area (Å²) in [6, 6.07) is 0. The van der Waals surface area contributed by atoms with Gasteiger partial charge in [-0.3, -0.25) is 24.2 Å². The summed E-state index contributed by atoms with van der Waals surface area (Å²) in [6.07, 6.45) is 8.90. The van der Waals surface area contributed by atoms with Gasteiger partial charge in [-0.15, -0.1) is 0 Å². The summed E-state index contributed by atoms with van der Waals surface area (Å²) in [5.41, 5.74) is -1.48. The molecule has 58 heavy (non-hydrogen) atoms. The first-order valence-corrected chi connectivity index (χ1v) is 20.7. The number of esters is 1. The number of carbonyl (C=O) groups excluding carboxylic acids is 4. The zero-order valence-electron chi connectivity index (χ0n) is 35.7. The van der Waals surface area contributed by atoms with Gasteiger partial charge in [0.2, 0.25) is 0 Å². The molecule has 10 atom stereocenters. The Labute approximate surface area is 343 Å². The van der Waals surface area contributed by atoms with Crippen LogP contribution in [-0.4, -0.2) is 168 Å². The number of nitrogens with zero attached hydrogens (tertiary/aromatic N) is 3. The molecule has 0 saturated carbocycles. The smallest absolute Gasteiger partial charge is 0.410 e. The van der Waals surface area contributed by atoms with Crippen LogP contribution in [0.1, 0.15) is 73.6 Å². The van der Waals surface area contributed by atoms with Crippen LogP contribution in [0, 0.1) is 11.8 Å². The summed E-state index contributed by atoms with van der Waals surface area (Å²) >= 11 is 0. The van der Waals surface area contributed by atoms with Gasteiger partial charge in [-0.25, -0.2) is 4.79 Å². The van der Waals surface area contributed by atoms with Crippen LogP contribution in [0.5, 0.6) is 0 Å². The fraction of sp³-hybridized carbons (Fsp3) is 0.721. The Morgan fingerprint density at radius 2 is 1.83 bits per heavy atom. The van der Waals surface area contributed by atoms with Crippen molar-refractivity contribution in [3.8, 4) is 0 Å². The van der Waals surface area contributed by atoms with Crippen LogP contribution in [0.15, 0.2) is 48.1 Å². The number of rotatable bonds is 16. The number of likely N-dealkylation sites (N-methyl/N-ethyl adjacent to an activating group) is 1. The minimum atomic E-state index is -1.17. The number of methoxy groups -OCH3 is 1. The number of quaternary nitrogens is 1. The molecule has 3 N–H and O–H groups in total. The number of aliphatic hydroxyl groups is 3. The highest BCUT2D eigenvalue weighted by atomic mass is 16.6. The first-order chi connectivity index (χ1) is 27.3. The van der Waals surface area contributed by atoms with Crippen molar-refractivity contribution >= 4 is 23.9 Å². The fourth-order valence-electron chi connectivity index (χ4n) is 7.74. The molecule has 15 nitrogen and oxygen atoms in total. The second kappa shape index (κ2) is 20.7. The molecule has 0 radical (unpaired) electrons. The first kappa shape index (κ1) is 47.2. The van der Waals surface area contributed by atoms with E-state index >= 15 is 0 Å². The second-order valence-corrected chi connectivity index (χ2v) is 17.2. The number of epoxide rings is 1. The summed E-state index contributed by atoms with van der Waals surface area (Å²) in [5, 5.41) is 32.2. The van der Waals surface area contributed by atoms with Crippen molar-refractivity contribution in [1.82, 2.24) is 9.80 Å². The van der Waals surface area contributed by atoms with Crippen molar-refractivity contribution in [3.05, 3.63) is 48.1 Å². The van der Waals surface area contributed by atoms with Crippen LogP contribution >= 0.6 is 0 Å². The van der Waals surface area contributed by atoms with E-state index in [4.69, 9.17) is 23.7 Å². The standard InChI is InChI=1S/C43H68N3O12/c1-9-33(48)31(4)40-34(56-40)28-42(5,53)17-10-11-29(2)39-30(3)12-13-35(43(6,54-8)18-16-32(47)27-38(51)58-39)57-41(52)44-19-22-46(7,23-20-44)24-26-55-25-21-45-36(49)14-15-37(45)50/h10-15,17,30-35,39-40,47-48,53H,9,16,18-28H2,1-8H3/q+1/b13-12+,17-10+,29-11+/t30-,31+,32+,33-,34+,35-,39+,40+,42-,43+/m0/s1. The van der Waals surface area contributed by atoms with Crippen LogP contribution in [0.2, 0.25) is 0 Å². The Morgan fingerprint density at radius 1 is 1.16 bits per heavy atom. The molecule has 4 aliphatic rings. The SMILES string of the molecule is CC[C@H](O)[C@@H](C)[C@H]1O[C@@H]1C[C@@](C)(O)/C=C/C=C(\C)[C@H]1OC(=O)C[C@H](O)CC[C@@](C)(OC)[C@@H](OC(=O)N2CC[N+](C)(CCOCCN3C(=O)C=CC3=O)CC2)/C=C/[C@@H]1C. The van der Waals surface area contributed by atoms with Crippen molar-refractivity contribution in [2.24, 2.45) is 11.8 Å². The summed E-state index contributed by atoms with van der Waals surface area (Å²) in [5.74, 6) is -1.60. The van der Waals surface area contributed by atoms with Crippen molar-refractivity contribution in [1.29, 1.82) is 0 Å². The predicted octanol–water partition coefficient (Wildman–Crippen LogP) is 3.07. The Morgan fingerprint density at radius 3 is 2.47 bits per heavy atom. The number of hydrogen-bond acceptors (Lipinski definition) is 12. The van der Waals surface area contributed by atoms with Gasteiger partial charge in [0.1, 0.15) is 18.2 Å². The Kier molecular flexibility index (Phi) is 16.9. The largest absolute Gasteiger partial charge is 0.457 e. The molecule has 0 aliphatic carbocycles. The van der Waals surface area contributed by atoms with E-state index in [1.54, 1.807) is 36.1 Å². The molecule has 0 spiro atoms. The lowest BCUT2D eigenvalue weighted by Gasteiger charge is -2.42. The van der Waals surface area contributed by atoms with Crippen LogP contribution < -0.4 is 0 Å². The molecule has 2 fully saturated rings. The number of cyclic esters (lactones) is 1. The van der Waals surface area contributed by atoms with Crippen molar-refractivity contribution in [2.45, 2.75) is 121 Å². The van der Waals surface area contributed by atoms with E-state index in [0.29, 0.717) is 68.6 Å². The van der Waals surface area contributed by atoms with Crippen LogP contribution in [0.25, 0.3) is 0 Å². The third-order valence-electron chi connectivity index (χ3n) is 12.3. The maximum Gasteiger partial charge on any atom is 0.410 e.